The largest absolute Gasteiger partial charge is 0.543 e. The molecule has 0 aromatic heterocycles. The van der Waals surface area contributed by atoms with Crippen LogP contribution in [0.25, 0.3) is 16.8 Å². The Bertz CT molecular complexity index is 994. The molecule has 0 spiro atoms. The van der Waals surface area contributed by atoms with Gasteiger partial charge in [-0.05, 0) is 68.6 Å². The molecular formula is C26H38O3Si. The standard InChI is InChI=1S/C26H38O3Si/c1-11-17-18(12-2)24(27-8)22-19-15-16-26(6,7)28-21(19)14-13-20(22)23(17)29-30(9,10)25(3,4)5/h13-16H,11-12H2,1-10H3. The first-order valence-corrected chi connectivity index (χ1v) is 14.0. The molecule has 0 atom stereocenters. The van der Waals surface area contributed by atoms with Gasteiger partial charge in [0.25, 0.3) is 8.32 Å². The lowest BCUT2D eigenvalue weighted by Crippen LogP contribution is -2.44. The summed E-state index contributed by atoms with van der Waals surface area (Å²) in [5.41, 5.74) is 3.28. The highest BCUT2D eigenvalue weighted by Crippen LogP contribution is 2.49. The fourth-order valence-electron chi connectivity index (χ4n) is 3.98. The molecule has 164 valence electrons. The fourth-order valence-corrected chi connectivity index (χ4v) is 5.03. The Balaban J connectivity index is 2.42. The van der Waals surface area contributed by atoms with Gasteiger partial charge in [0.1, 0.15) is 22.8 Å². The normalized spacial score (nSPS) is 15.7. The predicted octanol–water partition coefficient (Wildman–Crippen LogP) is 7.54. The van der Waals surface area contributed by atoms with E-state index in [9.17, 15) is 0 Å². The molecule has 0 amide bonds. The molecular weight excluding hydrogens is 388 g/mol. The van der Waals surface area contributed by atoms with E-state index in [1.807, 2.05) is 0 Å². The first-order chi connectivity index (χ1) is 13.9. The van der Waals surface area contributed by atoms with Crippen LogP contribution in [0.3, 0.4) is 0 Å². The second-order valence-electron chi connectivity index (χ2n) is 10.3. The van der Waals surface area contributed by atoms with Gasteiger partial charge in [0.2, 0.25) is 0 Å². The van der Waals surface area contributed by atoms with Crippen molar-refractivity contribution in [3.8, 4) is 17.2 Å². The Morgan fingerprint density at radius 2 is 1.60 bits per heavy atom. The van der Waals surface area contributed by atoms with Crippen LogP contribution in [0.5, 0.6) is 17.2 Å². The highest BCUT2D eigenvalue weighted by molar-refractivity contribution is 6.74. The summed E-state index contributed by atoms with van der Waals surface area (Å²) in [5, 5.41) is 2.35. The molecule has 4 heteroatoms. The van der Waals surface area contributed by atoms with Crippen molar-refractivity contribution in [3.05, 3.63) is 34.9 Å². The Labute approximate surface area is 183 Å². The first-order valence-electron chi connectivity index (χ1n) is 11.1. The molecule has 0 radical (unpaired) electrons. The highest BCUT2D eigenvalue weighted by Gasteiger charge is 2.40. The van der Waals surface area contributed by atoms with Crippen LogP contribution in [0.1, 0.15) is 65.2 Å². The van der Waals surface area contributed by atoms with E-state index in [0.717, 1.165) is 46.4 Å². The molecule has 1 aliphatic heterocycles. The van der Waals surface area contributed by atoms with E-state index in [0.29, 0.717) is 0 Å². The van der Waals surface area contributed by atoms with Crippen molar-refractivity contribution in [1.29, 1.82) is 0 Å². The second kappa shape index (κ2) is 7.63. The van der Waals surface area contributed by atoms with E-state index in [4.69, 9.17) is 13.9 Å². The molecule has 3 nitrogen and oxygen atoms in total. The first kappa shape index (κ1) is 22.7. The van der Waals surface area contributed by atoms with Gasteiger partial charge in [-0.3, -0.25) is 0 Å². The maximum absolute atomic E-state index is 6.99. The van der Waals surface area contributed by atoms with E-state index >= 15 is 0 Å². The summed E-state index contributed by atoms with van der Waals surface area (Å²) in [6.45, 7) is 20.1. The summed E-state index contributed by atoms with van der Waals surface area (Å²) in [7, 11) is -0.246. The minimum Gasteiger partial charge on any atom is -0.543 e. The van der Waals surface area contributed by atoms with Crippen molar-refractivity contribution in [2.24, 2.45) is 0 Å². The number of methoxy groups -OCH3 is 1. The zero-order valence-corrected chi connectivity index (χ0v) is 21.4. The van der Waals surface area contributed by atoms with Gasteiger partial charge in [0.05, 0.1) is 7.11 Å². The summed E-state index contributed by atoms with van der Waals surface area (Å²) in [5.74, 6) is 2.90. The summed E-state index contributed by atoms with van der Waals surface area (Å²) < 4.78 is 19.3. The molecule has 0 N–H and O–H groups in total. The maximum atomic E-state index is 6.99. The summed E-state index contributed by atoms with van der Waals surface area (Å²) >= 11 is 0. The summed E-state index contributed by atoms with van der Waals surface area (Å²) in [6.07, 6.45) is 6.12. The van der Waals surface area contributed by atoms with Crippen molar-refractivity contribution < 1.29 is 13.9 Å². The van der Waals surface area contributed by atoms with Crippen LogP contribution >= 0.6 is 0 Å². The van der Waals surface area contributed by atoms with Gasteiger partial charge < -0.3 is 13.9 Å². The molecule has 0 saturated heterocycles. The van der Waals surface area contributed by atoms with Crippen molar-refractivity contribution in [2.45, 2.75) is 85.0 Å². The highest BCUT2D eigenvalue weighted by atomic mass is 28.4. The fraction of sp³-hybridized carbons (Fsp3) is 0.538. The van der Waals surface area contributed by atoms with Crippen LogP contribution < -0.4 is 13.9 Å². The molecule has 0 bridgehead atoms. The van der Waals surface area contributed by atoms with Gasteiger partial charge in [0, 0.05) is 21.9 Å². The Morgan fingerprint density at radius 3 is 2.13 bits per heavy atom. The molecule has 2 aromatic rings. The SMILES string of the molecule is CCc1c(CC)c(OC)c2c3c(ccc2c1O[Si](C)(C)C(C)(C)C)OC(C)(C)C=C3. The quantitative estimate of drug-likeness (QED) is 0.462. The molecule has 1 aliphatic rings. The average Bonchev–Trinajstić information content (AvgIpc) is 2.64. The van der Waals surface area contributed by atoms with E-state index < -0.39 is 8.32 Å². The van der Waals surface area contributed by atoms with Crippen LogP contribution in [0.2, 0.25) is 18.1 Å². The Morgan fingerprint density at radius 1 is 1.00 bits per heavy atom. The zero-order chi connectivity index (χ0) is 22.5. The third-order valence-electron chi connectivity index (χ3n) is 6.69. The number of rotatable bonds is 5. The molecule has 1 heterocycles. The molecule has 30 heavy (non-hydrogen) atoms. The third-order valence-corrected chi connectivity index (χ3v) is 11.0. The molecule has 2 aromatic carbocycles. The van der Waals surface area contributed by atoms with Crippen LogP contribution in [-0.4, -0.2) is 21.0 Å². The van der Waals surface area contributed by atoms with Gasteiger partial charge in [-0.2, -0.15) is 0 Å². The topological polar surface area (TPSA) is 27.7 Å². The zero-order valence-electron chi connectivity index (χ0n) is 20.4. The van der Waals surface area contributed by atoms with E-state index in [2.05, 4.69) is 85.8 Å². The van der Waals surface area contributed by atoms with Crippen molar-refractivity contribution in [3.63, 3.8) is 0 Å². The number of fused-ring (bicyclic) bond motifs is 3. The molecule has 0 fully saturated rings. The van der Waals surface area contributed by atoms with Crippen molar-refractivity contribution in [2.75, 3.05) is 7.11 Å². The minimum atomic E-state index is -2.02. The van der Waals surface area contributed by atoms with Crippen LogP contribution in [-0.2, 0) is 12.8 Å². The van der Waals surface area contributed by atoms with Gasteiger partial charge in [-0.1, -0.05) is 40.7 Å². The smallest absolute Gasteiger partial charge is 0.250 e. The van der Waals surface area contributed by atoms with Crippen LogP contribution in [0.4, 0.5) is 0 Å². The molecule has 3 rings (SSSR count). The third kappa shape index (κ3) is 3.75. The molecule has 0 unspecified atom stereocenters. The monoisotopic (exact) mass is 426 g/mol. The lowest BCUT2D eigenvalue weighted by Gasteiger charge is -2.38. The molecule has 0 saturated carbocycles. The van der Waals surface area contributed by atoms with Gasteiger partial charge in [-0.15, -0.1) is 0 Å². The van der Waals surface area contributed by atoms with Gasteiger partial charge in [-0.25, -0.2) is 0 Å². The minimum absolute atomic E-state index is 0.123. The number of hydrogen-bond donors (Lipinski definition) is 0. The number of benzene rings is 2. The lowest BCUT2D eigenvalue weighted by molar-refractivity contribution is 0.159. The number of hydrogen-bond acceptors (Lipinski definition) is 3. The predicted molar refractivity (Wildman–Crippen MR) is 131 cm³/mol. The lowest BCUT2D eigenvalue weighted by atomic mass is 9.90. The summed E-state index contributed by atoms with van der Waals surface area (Å²) in [6, 6.07) is 4.25. The average molecular weight is 427 g/mol. The van der Waals surface area contributed by atoms with Crippen molar-refractivity contribution >= 4 is 25.2 Å². The van der Waals surface area contributed by atoms with Gasteiger partial charge in [0.15, 0.2) is 0 Å². The van der Waals surface area contributed by atoms with Crippen molar-refractivity contribution in [1.82, 2.24) is 0 Å². The van der Waals surface area contributed by atoms with Gasteiger partial charge >= 0.3 is 0 Å². The van der Waals surface area contributed by atoms with Crippen LogP contribution in [0.15, 0.2) is 18.2 Å². The number of ether oxygens (including phenoxy) is 2. The van der Waals surface area contributed by atoms with E-state index in [1.165, 1.54) is 11.1 Å². The van der Waals surface area contributed by atoms with E-state index in [1.54, 1.807) is 7.11 Å². The summed E-state index contributed by atoms with van der Waals surface area (Å²) in [4.78, 5) is 0. The Hall–Kier alpha value is -1.94. The molecule has 0 aliphatic carbocycles. The van der Waals surface area contributed by atoms with Crippen LogP contribution in [0, 0.1) is 0 Å². The van der Waals surface area contributed by atoms with E-state index in [-0.39, 0.29) is 10.6 Å². The Kier molecular flexibility index (Phi) is 5.79. The second-order valence-corrected chi connectivity index (χ2v) is 15.1. The maximum Gasteiger partial charge on any atom is 0.250 e.